The Balaban J connectivity index is 1.60. The van der Waals surface area contributed by atoms with Crippen LogP contribution < -0.4 is 0 Å². The van der Waals surface area contributed by atoms with Crippen LogP contribution in [-0.2, 0) is 32.2 Å². The van der Waals surface area contributed by atoms with Gasteiger partial charge in [0.2, 0.25) is 0 Å². The number of rotatable bonds is 10. The van der Waals surface area contributed by atoms with Crippen LogP contribution in [0, 0.1) is 0 Å². The number of aliphatic hydroxyl groups excluding tert-OH is 6. The molecule has 2 aliphatic rings. The molecule has 1 aliphatic heterocycles. The number of ether oxygens (including phenoxy) is 4. The van der Waals surface area contributed by atoms with Gasteiger partial charge < -0.3 is 49.6 Å². The van der Waals surface area contributed by atoms with E-state index in [-0.39, 0.29) is 13.2 Å². The molecule has 6 N–H and O–H groups in total. The normalized spacial score (nSPS) is 36.7. The zero-order chi connectivity index (χ0) is 27.9. The molecule has 0 unspecified atom stereocenters. The van der Waals surface area contributed by atoms with Gasteiger partial charge in [0.15, 0.2) is 6.29 Å². The molecule has 13 nitrogen and oxygen atoms in total. The molecular formula is C26H33N3O10. The standard InChI is InChI=1S/C26H33N3O10/c27-29-28-17-19(32)18(31)16(11-30)38-26(17)39-25-22(35)23(36-12-14-7-3-1-4-8-14)20(33)21(34)24(25)37-13-15-9-5-2-6-10-15/h1-10,16-26,30-35H,11-13H2/t16-,17-,18+,19-,20+,21+,22-,23-,24-,25+,26-/m1/s1. The van der Waals surface area contributed by atoms with Crippen LogP contribution in [0.4, 0.5) is 0 Å². The van der Waals surface area contributed by atoms with Crippen molar-refractivity contribution in [3.8, 4) is 0 Å². The van der Waals surface area contributed by atoms with E-state index in [0.717, 1.165) is 11.1 Å². The summed E-state index contributed by atoms with van der Waals surface area (Å²) in [6.45, 7) is -0.691. The lowest BCUT2D eigenvalue weighted by Gasteiger charge is -2.48. The molecule has 212 valence electrons. The number of azide groups is 1. The van der Waals surface area contributed by atoms with Gasteiger partial charge in [0.25, 0.3) is 0 Å². The number of nitrogens with zero attached hydrogens (tertiary/aromatic N) is 3. The summed E-state index contributed by atoms with van der Waals surface area (Å²) in [7, 11) is 0. The highest BCUT2D eigenvalue weighted by atomic mass is 16.7. The van der Waals surface area contributed by atoms with Crippen LogP contribution in [-0.4, -0.2) is 105 Å². The van der Waals surface area contributed by atoms with Gasteiger partial charge in [0.05, 0.1) is 25.9 Å². The molecule has 1 saturated heterocycles. The van der Waals surface area contributed by atoms with Crippen molar-refractivity contribution in [1.29, 1.82) is 0 Å². The number of hydrogen-bond donors (Lipinski definition) is 6. The van der Waals surface area contributed by atoms with Crippen molar-refractivity contribution in [2.75, 3.05) is 6.61 Å². The second-order valence-corrected chi connectivity index (χ2v) is 9.50. The molecule has 2 aromatic rings. The highest BCUT2D eigenvalue weighted by Gasteiger charge is 2.54. The number of hydrogen-bond acceptors (Lipinski definition) is 11. The Morgan fingerprint density at radius 1 is 0.718 bits per heavy atom. The summed E-state index contributed by atoms with van der Waals surface area (Å²) >= 11 is 0. The van der Waals surface area contributed by atoms with Crippen LogP contribution in [0.3, 0.4) is 0 Å². The predicted molar refractivity (Wildman–Crippen MR) is 134 cm³/mol. The molecule has 0 amide bonds. The van der Waals surface area contributed by atoms with Gasteiger partial charge in [0.1, 0.15) is 54.9 Å². The number of aliphatic hydroxyl groups is 6. The summed E-state index contributed by atoms with van der Waals surface area (Å²) in [6, 6.07) is 16.5. The third-order valence-electron chi connectivity index (χ3n) is 6.92. The third kappa shape index (κ3) is 6.74. The Bertz CT molecular complexity index is 1080. The predicted octanol–water partition coefficient (Wildman–Crippen LogP) is -0.243. The van der Waals surface area contributed by atoms with Crippen molar-refractivity contribution < 1.29 is 49.6 Å². The largest absolute Gasteiger partial charge is 0.394 e. The lowest BCUT2D eigenvalue weighted by molar-refractivity contribution is -0.324. The van der Waals surface area contributed by atoms with E-state index >= 15 is 0 Å². The first-order valence-corrected chi connectivity index (χ1v) is 12.5. The van der Waals surface area contributed by atoms with Crippen LogP contribution in [0.15, 0.2) is 65.8 Å². The van der Waals surface area contributed by atoms with Crippen LogP contribution >= 0.6 is 0 Å². The van der Waals surface area contributed by atoms with E-state index in [1.807, 2.05) is 12.1 Å². The van der Waals surface area contributed by atoms with E-state index in [9.17, 15) is 30.6 Å². The third-order valence-corrected chi connectivity index (χ3v) is 6.92. The zero-order valence-corrected chi connectivity index (χ0v) is 20.9. The smallest absolute Gasteiger partial charge is 0.169 e. The molecule has 11 atom stereocenters. The SMILES string of the molecule is [N-]=[N+]=N[C@H]1[C@@H](O[C@H]2[C@H](O)[C@H](OCc3ccccc3)[C@@H](O)[C@H](O)[C@H]2OCc2ccccc2)O[C@H](CO)[C@H](O)[C@@H]1O. The van der Waals surface area contributed by atoms with Gasteiger partial charge in [-0.05, 0) is 16.7 Å². The molecule has 13 heteroatoms. The quantitative estimate of drug-likeness (QED) is 0.131. The fraction of sp³-hybridized carbons (Fsp3) is 0.538. The molecule has 39 heavy (non-hydrogen) atoms. The van der Waals surface area contributed by atoms with Gasteiger partial charge in [-0.1, -0.05) is 65.8 Å². The van der Waals surface area contributed by atoms with Gasteiger partial charge >= 0.3 is 0 Å². The first-order valence-electron chi connectivity index (χ1n) is 12.5. The van der Waals surface area contributed by atoms with Crippen LogP contribution in [0.25, 0.3) is 10.4 Å². The zero-order valence-electron chi connectivity index (χ0n) is 20.9. The van der Waals surface area contributed by atoms with E-state index in [0.29, 0.717) is 0 Å². The van der Waals surface area contributed by atoms with Crippen molar-refractivity contribution >= 4 is 0 Å². The molecule has 0 spiro atoms. The average molecular weight is 548 g/mol. The van der Waals surface area contributed by atoms with Crippen molar-refractivity contribution in [2.45, 2.75) is 80.5 Å². The molecule has 2 aromatic carbocycles. The van der Waals surface area contributed by atoms with Crippen molar-refractivity contribution in [3.63, 3.8) is 0 Å². The van der Waals surface area contributed by atoms with Gasteiger partial charge in [0, 0.05) is 4.91 Å². The Kier molecular flexibility index (Phi) is 10.2. The summed E-state index contributed by atoms with van der Waals surface area (Å²) in [4.78, 5) is 2.68. The summed E-state index contributed by atoms with van der Waals surface area (Å²) in [6.07, 6.45) is -14.9. The topological polar surface area (TPSA) is 207 Å². The first kappa shape index (κ1) is 29.3. The molecular weight excluding hydrogens is 514 g/mol. The fourth-order valence-corrected chi connectivity index (χ4v) is 4.77. The highest BCUT2D eigenvalue weighted by Crippen LogP contribution is 2.33. The lowest BCUT2D eigenvalue weighted by atomic mass is 9.84. The maximum atomic E-state index is 11.3. The van der Waals surface area contributed by atoms with Crippen molar-refractivity contribution in [1.82, 2.24) is 0 Å². The Hall–Kier alpha value is -2.65. The summed E-state index contributed by atoms with van der Waals surface area (Å²) in [5, 5.41) is 67.1. The van der Waals surface area contributed by atoms with Gasteiger partial charge in [-0.15, -0.1) is 0 Å². The Morgan fingerprint density at radius 3 is 1.79 bits per heavy atom. The molecule has 2 fully saturated rings. The summed E-state index contributed by atoms with van der Waals surface area (Å²) < 4.78 is 23.3. The average Bonchev–Trinajstić information content (AvgIpc) is 2.96. The summed E-state index contributed by atoms with van der Waals surface area (Å²) in [5.41, 5.74) is 10.5. The van der Waals surface area contributed by atoms with Crippen LogP contribution in [0.5, 0.6) is 0 Å². The second-order valence-electron chi connectivity index (χ2n) is 9.50. The van der Waals surface area contributed by atoms with Crippen LogP contribution in [0.1, 0.15) is 11.1 Å². The van der Waals surface area contributed by atoms with E-state index < -0.39 is 73.9 Å². The maximum absolute atomic E-state index is 11.3. The molecule has 0 bridgehead atoms. The minimum absolute atomic E-state index is 0.00732. The lowest BCUT2D eigenvalue weighted by Crippen LogP contribution is -2.67. The number of benzene rings is 2. The first-order chi connectivity index (χ1) is 18.8. The minimum atomic E-state index is -1.66. The molecule has 0 aromatic heterocycles. The Morgan fingerprint density at radius 2 is 1.26 bits per heavy atom. The second kappa shape index (κ2) is 13.6. The van der Waals surface area contributed by atoms with Crippen LogP contribution in [0.2, 0.25) is 0 Å². The van der Waals surface area contributed by atoms with E-state index in [1.54, 1.807) is 48.5 Å². The van der Waals surface area contributed by atoms with Gasteiger partial charge in [-0.3, -0.25) is 0 Å². The van der Waals surface area contributed by atoms with E-state index in [1.165, 1.54) is 0 Å². The maximum Gasteiger partial charge on any atom is 0.169 e. The molecule has 0 radical (unpaired) electrons. The molecule has 4 rings (SSSR count). The fourth-order valence-electron chi connectivity index (χ4n) is 4.77. The van der Waals surface area contributed by atoms with Gasteiger partial charge in [-0.2, -0.15) is 0 Å². The monoisotopic (exact) mass is 547 g/mol. The highest BCUT2D eigenvalue weighted by molar-refractivity contribution is 5.15. The Labute approximate surface area is 224 Å². The minimum Gasteiger partial charge on any atom is -0.394 e. The van der Waals surface area contributed by atoms with Gasteiger partial charge in [-0.25, -0.2) is 0 Å². The molecule has 1 heterocycles. The van der Waals surface area contributed by atoms with Crippen molar-refractivity contribution in [2.24, 2.45) is 5.11 Å². The molecule has 1 aliphatic carbocycles. The summed E-state index contributed by atoms with van der Waals surface area (Å²) in [5.74, 6) is 0. The molecule has 1 saturated carbocycles. The van der Waals surface area contributed by atoms with E-state index in [2.05, 4.69) is 10.0 Å². The van der Waals surface area contributed by atoms with E-state index in [4.69, 9.17) is 24.5 Å². The van der Waals surface area contributed by atoms with Crippen molar-refractivity contribution in [3.05, 3.63) is 82.2 Å².